The number of likely N-dealkylation sites (tertiary alicyclic amines) is 1. The van der Waals surface area contributed by atoms with Crippen LogP contribution < -0.4 is 0 Å². The van der Waals surface area contributed by atoms with E-state index in [4.69, 9.17) is 0 Å². The van der Waals surface area contributed by atoms with Gasteiger partial charge in [-0.15, -0.1) is 0 Å². The van der Waals surface area contributed by atoms with Gasteiger partial charge in [-0.2, -0.15) is 4.31 Å². The van der Waals surface area contributed by atoms with Crippen molar-refractivity contribution in [3.63, 3.8) is 0 Å². The third-order valence-electron chi connectivity index (χ3n) is 5.83. The molecule has 1 amide bonds. The number of piperidine rings is 1. The van der Waals surface area contributed by atoms with Gasteiger partial charge in [0.15, 0.2) is 0 Å². The van der Waals surface area contributed by atoms with E-state index in [-0.39, 0.29) is 23.4 Å². The van der Waals surface area contributed by atoms with Crippen molar-refractivity contribution in [2.24, 2.45) is 5.92 Å². The van der Waals surface area contributed by atoms with E-state index in [9.17, 15) is 13.2 Å². The molecule has 1 aromatic rings. The molecule has 7 heteroatoms. The maximum absolute atomic E-state index is 13.4. The Kier molecular flexibility index (Phi) is 6.98. The summed E-state index contributed by atoms with van der Waals surface area (Å²) in [4.78, 5) is 15.0. The molecule has 1 heterocycles. The van der Waals surface area contributed by atoms with E-state index >= 15 is 0 Å². The first-order valence-electron chi connectivity index (χ1n) is 9.93. The summed E-state index contributed by atoms with van der Waals surface area (Å²) >= 11 is 3.35. The van der Waals surface area contributed by atoms with Crippen LogP contribution in [-0.2, 0) is 14.8 Å². The molecule has 1 aromatic carbocycles. The first kappa shape index (κ1) is 20.8. The van der Waals surface area contributed by atoms with Crippen LogP contribution in [0.3, 0.4) is 0 Å². The van der Waals surface area contributed by atoms with Gasteiger partial charge in [0.25, 0.3) is 0 Å². The molecule has 0 unspecified atom stereocenters. The minimum Gasteiger partial charge on any atom is -0.342 e. The molecule has 1 saturated heterocycles. The van der Waals surface area contributed by atoms with Crippen molar-refractivity contribution in [3.8, 4) is 0 Å². The van der Waals surface area contributed by atoms with Gasteiger partial charge in [0.05, 0.1) is 11.4 Å². The fourth-order valence-corrected chi connectivity index (χ4v) is 5.91. The Balaban J connectivity index is 1.82. The number of carbonyl (C=O) groups is 1. The Labute approximate surface area is 171 Å². The van der Waals surface area contributed by atoms with Crippen molar-refractivity contribution in [1.29, 1.82) is 0 Å². The minimum absolute atomic E-state index is 0.0442. The molecule has 1 aliphatic carbocycles. The van der Waals surface area contributed by atoms with Crippen LogP contribution in [0, 0.1) is 5.92 Å². The van der Waals surface area contributed by atoms with Crippen molar-refractivity contribution in [1.82, 2.24) is 9.21 Å². The second kappa shape index (κ2) is 9.05. The Hall–Kier alpha value is -0.920. The summed E-state index contributed by atoms with van der Waals surface area (Å²) in [7, 11) is -3.70. The number of hydrogen-bond acceptors (Lipinski definition) is 3. The summed E-state index contributed by atoms with van der Waals surface area (Å²) in [5.74, 6) is 0.572. The van der Waals surface area contributed by atoms with Gasteiger partial charge >= 0.3 is 0 Å². The Bertz CT molecular complexity index is 737. The normalized spacial score (nSPS) is 20.2. The van der Waals surface area contributed by atoms with Crippen molar-refractivity contribution in [3.05, 3.63) is 28.7 Å². The van der Waals surface area contributed by atoms with Crippen LogP contribution in [-0.4, -0.2) is 49.2 Å². The minimum atomic E-state index is -3.70. The zero-order valence-corrected chi connectivity index (χ0v) is 18.3. The zero-order chi connectivity index (χ0) is 19.4. The fraction of sp³-hybridized carbons (Fsp3) is 0.650. The lowest BCUT2D eigenvalue weighted by Gasteiger charge is -2.36. The molecule has 0 bridgehead atoms. The van der Waals surface area contributed by atoms with E-state index in [1.807, 2.05) is 4.90 Å². The smallest absolute Gasteiger partial charge is 0.243 e. The lowest BCUT2D eigenvalue weighted by Crippen LogP contribution is -2.49. The predicted molar refractivity (Wildman–Crippen MR) is 110 cm³/mol. The second-order valence-electron chi connectivity index (χ2n) is 7.86. The van der Waals surface area contributed by atoms with Crippen molar-refractivity contribution in [2.45, 2.75) is 62.8 Å². The van der Waals surface area contributed by atoms with Crippen molar-refractivity contribution >= 4 is 31.9 Å². The molecule has 0 spiro atoms. The highest BCUT2D eigenvalue weighted by molar-refractivity contribution is 9.10. The van der Waals surface area contributed by atoms with Gasteiger partial charge in [-0.3, -0.25) is 4.79 Å². The number of hydrogen-bond donors (Lipinski definition) is 0. The second-order valence-corrected chi connectivity index (χ2v) is 10.7. The number of amides is 1. The van der Waals surface area contributed by atoms with Crippen molar-refractivity contribution in [2.75, 3.05) is 19.6 Å². The van der Waals surface area contributed by atoms with Gasteiger partial charge in [0, 0.05) is 23.6 Å². The molecular weight excluding hydrogens is 428 g/mol. The van der Waals surface area contributed by atoms with Crippen LogP contribution >= 0.6 is 15.9 Å². The van der Waals surface area contributed by atoms with Crippen LogP contribution in [0.25, 0.3) is 0 Å². The van der Waals surface area contributed by atoms with Gasteiger partial charge in [-0.1, -0.05) is 42.1 Å². The monoisotopic (exact) mass is 456 g/mol. The molecule has 0 aromatic heterocycles. The van der Waals surface area contributed by atoms with E-state index < -0.39 is 10.0 Å². The summed E-state index contributed by atoms with van der Waals surface area (Å²) < 4.78 is 29.0. The van der Waals surface area contributed by atoms with E-state index in [1.54, 1.807) is 24.3 Å². The topological polar surface area (TPSA) is 57.7 Å². The quantitative estimate of drug-likeness (QED) is 0.671. The number of sulfonamides is 1. The number of benzene rings is 1. The average Bonchev–Trinajstić information content (AvgIpc) is 2.67. The van der Waals surface area contributed by atoms with Gasteiger partial charge in [0.2, 0.25) is 15.9 Å². The maximum Gasteiger partial charge on any atom is 0.243 e. The number of rotatable bonds is 5. The van der Waals surface area contributed by atoms with Crippen LogP contribution in [0.2, 0.25) is 0 Å². The first-order chi connectivity index (χ1) is 12.9. The lowest BCUT2D eigenvalue weighted by molar-refractivity contribution is -0.133. The van der Waals surface area contributed by atoms with Crippen LogP contribution in [0.5, 0.6) is 0 Å². The molecule has 0 radical (unpaired) electrons. The van der Waals surface area contributed by atoms with Gasteiger partial charge in [0.1, 0.15) is 0 Å². The molecule has 0 atom stereocenters. The molecule has 5 nitrogen and oxygen atoms in total. The zero-order valence-electron chi connectivity index (χ0n) is 15.9. The number of carbonyl (C=O) groups excluding carboxylic acids is 1. The van der Waals surface area contributed by atoms with Crippen molar-refractivity contribution < 1.29 is 13.2 Å². The highest BCUT2D eigenvalue weighted by atomic mass is 79.9. The highest BCUT2D eigenvalue weighted by Crippen LogP contribution is 2.29. The summed E-state index contributed by atoms with van der Waals surface area (Å²) in [5, 5.41) is 0. The van der Waals surface area contributed by atoms with Crippen LogP contribution in [0.4, 0.5) is 0 Å². The van der Waals surface area contributed by atoms with Crippen LogP contribution in [0.15, 0.2) is 33.6 Å². The van der Waals surface area contributed by atoms with E-state index in [1.165, 1.54) is 4.31 Å². The highest BCUT2D eigenvalue weighted by Gasteiger charge is 2.35. The first-order valence-corrected chi connectivity index (χ1v) is 12.2. The summed E-state index contributed by atoms with van der Waals surface area (Å²) in [6.07, 6.45) is 6.84. The number of nitrogens with zero attached hydrogens (tertiary/aromatic N) is 2. The molecule has 1 aliphatic heterocycles. The SMILES string of the molecule is CC1CCN(C(=O)CN(C2CCCCC2)S(=O)(=O)c2ccc(Br)cc2)CC1. The average molecular weight is 457 g/mol. The molecule has 2 fully saturated rings. The Morgan fingerprint density at radius 3 is 2.26 bits per heavy atom. The summed E-state index contributed by atoms with van der Waals surface area (Å²) in [6, 6.07) is 6.62. The Morgan fingerprint density at radius 2 is 1.67 bits per heavy atom. The maximum atomic E-state index is 13.4. The summed E-state index contributed by atoms with van der Waals surface area (Å²) in [5.41, 5.74) is 0. The molecule has 2 aliphatic rings. The van der Waals surface area contributed by atoms with Gasteiger partial charge < -0.3 is 4.90 Å². The third kappa shape index (κ3) is 5.12. The molecule has 3 rings (SSSR count). The van der Waals surface area contributed by atoms with E-state index in [0.717, 1.165) is 62.5 Å². The predicted octanol–water partition coefficient (Wildman–Crippen LogP) is 4.03. The standard InChI is InChI=1S/C20H29BrN2O3S/c1-16-11-13-22(14-12-16)20(24)15-23(18-5-3-2-4-6-18)27(25,26)19-9-7-17(21)8-10-19/h7-10,16,18H,2-6,11-15H2,1H3. The molecule has 150 valence electrons. The van der Waals surface area contributed by atoms with E-state index in [2.05, 4.69) is 22.9 Å². The molecule has 27 heavy (non-hydrogen) atoms. The lowest BCUT2D eigenvalue weighted by atomic mass is 9.95. The van der Waals surface area contributed by atoms with E-state index in [0.29, 0.717) is 5.92 Å². The van der Waals surface area contributed by atoms with Gasteiger partial charge in [-0.25, -0.2) is 8.42 Å². The number of halogens is 1. The fourth-order valence-electron chi connectivity index (χ4n) is 4.01. The third-order valence-corrected chi connectivity index (χ3v) is 8.27. The molecule has 1 saturated carbocycles. The largest absolute Gasteiger partial charge is 0.342 e. The van der Waals surface area contributed by atoms with Gasteiger partial charge in [-0.05, 0) is 55.9 Å². The Morgan fingerprint density at radius 1 is 1.07 bits per heavy atom. The van der Waals surface area contributed by atoms with Crippen LogP contribution in [0.1, 0.15) is 51.9 Å². The molecular formula is C20H29BrN2O3S. The summed E-state index contributed by atoms with van der Waals surface area (Å²) in [6.45, 7) is 3.62. The molecule has 0 N–H and O–H groups in total.